The van der Waals surface area contributed by atoms with Gasteiger partial charge in [0.05, 0.1) is 0 Å². The first-order valence-corrected chi connectivity index (χ1v) is 7.88. The Morgan fingerprint density at radius 2 is 2.05 bits per heavy atom. The molecule has 0 amide bonds. The predicted molar refractivity (Wildman–Crippen MR) is 81.3 cm³/mol. The molecule has 0 aliphatic carbocycles. The maximum atomic E-state index is 14.0. The lowest BCUT2D eigenvalue weighted by Gasteiger charge is -2.33. The van der Waals surface area contributed by atoms with Crippen molar-refractivity contribution in [1.29, 1.82) is 0 Å². The minimum absolute atomic E-state index is 0.0400. The van der Waals surface area contributed by atoms with Crippen molar-refractivity contribution < 1.29 is 14.3 Å². The molecular weight excluding hydrogens is 305 g/mol. The minimum Gasteiger partial charge on any atom is -0.479 e. The van der Waals surface area contributed by atoms with Gasteiger partial charge in [-0.3, -0.25) is 9.88 Å². The van der Waals surface area contributed by atoms with E-state index in [4.69, 9.17) is 5.11 Å². The first kappa shape index (κ1) is 15.1. The summed E-state index contributed by atoms with van der Waals surface area (Å²) >= 11 is 1.60. The monoisotopic (exact) mass is 321 g/mol. The number of piperidine rings is 1. The van der Waals surface area contributed by atoms with Gasteiger partial charge in [-0.25, -0.2) is 14.2 Å². The molecule has 0 aromatic carbocycles. The molecule has 0 bridgehead atoms. The van der Waals surface area contributed by atoms with Crippen molar-refractivity contribution in [3.8, 4) is 10.6 Å². The number of carboxylic acids is 1. The van der Waals surface area contributed by atoms with Gasteiger partial charge in [0.15, 0.2) is 0 Å². The highest BCUT2D eigenvalue weighted by atomic mass is 32.1. The van der Waals surface area contributed by atoms with E-state index in [0.29, 0.717) is 19.6 Å². The summed E-state index contributed by atoms with van der Waals surface area (Å²) in [6.07, 6.45) is 5.37. The number of halogens is 1. The van der Waals surface area contributed by atoms with Gasteiger partial charge in [0.2, 0.25) is 5.67 Å². The third kappa shape index (κ3) is 3.15. The van der Waals surface area contributed by atoms with Gasteiger partial charge < -0.3 is 5.11 Å². The van der Waals surface area contributed by atoms with Crippen LogP contribution in [-0.4, -0.2) is 44.7 Å². The van der Waals surface area contributed by atoms with Crippen LogP contribution in [0.2, 0.25) is 0 Å². The lowest BCUT2D eigenvalue weighted by atomic mass is 9.93. The molecule has 1 N–H and O–H groups in total. The Morgan fingerprint density at radius 3 is 2.68 bits per heavy atom. The average Bonchev–Trinajstić information content (AvgIpc) is 2.99. The van der Waals surface area contributed by atoms with Gasteiger partial charge in [0, 0.05) is 61.5 Å². The highest BCUT2D eigenvalue weighted by Crippen LogP contribution is 2.29. The van der Waals surface area contributed by atoms with E-state index in [1.54, 1.807) is 23.7 Å². The zero-order valence-electron chi connectivity index (χ0n) is 11.9. The van der Waals surface area contributed by atoms with Crippen LogP contribution in [0.5, 0.6) is 0 Å². The number of aromatic nitrogens is 2. The topological polar surface area (TPSA) is 66.3 Å². The van der Waals surface area contributed by atoms with Crippen molar-refractivity contribution in [2.45, 2.75) is 25.1 Å². The molecule has 1 fully saturated rings. The molecule has 0 saturated carbocycles. The fourth-order valence-electron chi connectivity index (χ4n) is 2.51. The Hall–Kier alpha value is -1.86. The number of nitrogens with zero attached hydrogens (tertiary/aromatic N) is 3. The summed E-state index contributed by atoms with van der Waals surface area (Å²) in [4.78, 5) is 22.4. The molecule has 2 aromatic rings. The average molecular weight is 321 g/mol. The maximum absolute atomic E-state index is 14.0. The van der Waals surface area contributed by atoms with E-state index < -0.39 is 11.6 Å². The summed E-state index contributed by atoms with van der Waals surface area (Å²) in [6.45, 7) is 1.58. The van der Waals surface area contributed by atoms with Crippen LogP contribution in [0, 0.1) is 0 Å². The summed E-state index contributed by atoms with van der Waals surface area (Å²) in [5.74, 6) is -1.34. The summed E-state index contributed by atoms with van der Waals surface area (Å²) < 4.78 is 14.0. The predicted octanol–water partition coefficient (Wildman–Crippen LogP) is 2.59. The van der Waals surface area contributed by atoms with Crippen LogP contribution in [0.15, 0.2) is 30.7 Å². The Bertz CT molecular complexity index is 654. The van der Waals surface area contributed by atoms with Crippen LogP contribution in [-0.2, 0) is 11.3 Å². The SMILES string of the molecule is O=C(O)C1(F)CCN(Cc2cnc(-c3ccncc3)s2)CC1. The van der Waals surface area contributed by atoms with Crippen molar-refractivity contribution in [3.63, 3.8) is 0 Å². The van der Waals surface area contributed by atoms with Crippen LogP contribution < -0.4 is 0 Å². The van der Waals surface area contributed by atoms with Crippen molar-refractivity contribution in [3.05, 3.63) is 35.6 Å². The summed E-state index contributed by atoms with van der Waals surface area (Å²) in [6, 6.07) is 3.82. The summed E-state index contributed by atoms with van der Waals surface area (Å²) in [5, 5.41) is 9.83. The van der Waals surface area contributed by atoms with Gasteiger partial charge in [-0.15, -0.1) is 11.3 Å². The first-order chi connectivity index (χ1) is 10.6. The number of hydrogen-bond acceptors (Lipinski definition) is 5. The number of rotatable bonds is 4. The smallest absolute Gasteiger partial charge is 0.341 e. The van der Waals surface area contributed by atoms with E-state index in [1.165, 1.54) is 0 Å². The van der Waals surface area contributed by atoms with Crippen LogP contribution in [0.4, 0.5) is 4.39 Å². The number of hydrogen-bond donors (Lipinski definition) is 1. The van der Waals surface area contributed by atoms with Crippen molar-refractivity contribution >= 4 is 17.3 Å². The second kappa shape index (κ2) is 6.10. The quantitative estimate of drug-likeness (QED) is 0.937. The molecule has 116 valence electrons. The van der Waals surface area contributed by atoms with E-state index in [-0.39, 0.29) is 12.8 Å². The zero-order chi connectivity index (χ0) is 15.6. The molecule has 0 radical (unpaired) electrons. The Balaban J connectivity index is 1.61. The number of alkyl halides is 1. The number of aliphatic carboxylic acids is 1. The number of carbonyl (C=O) groups is 1. The zero-order valence-corrected chi connectivity index (χ0v) is 12.7. The van der Waals surface area contributed by atoms with Gasteiger partial charge in [0.1, 0.15) is 5.01 Å². The van der Waals surface area contributed by atoms with Crippen LogP contribution >= 0.6 is 11.3 Å². The molecule has 2 aromatic heterocycles. The number of thiazole rings is 1. The number of pyridine rings is 1. The maximum Gasteiger partial charge on any atom is 0.341 e. The van der Waals surface area contributed by atoms with E-state index in [2.05, 4.69) is 14.9 Å². The molecule has 3 heterocycles. The number of likely N-dealkylation sites (tertiary alicyclic amines) is 1. The van der Waals surface area contributed by atoms with E-state index in [9.17, 15) is 9.18 Å². The second-order valence-electron chi connectivity index (χ2n) is 5.41. The fraction of sp³-hybridized carbons (Fsp3) is 0.400. The largest absolute Gasteiger partial charge is 0.479 e. The lowest BCUT2D eigenvalue weighted by molar-refractivity contribution is -0.154. The third-order valence-electron chi connectivity index (χ3n) is 3.89. The van der Waals surface area contributed by atoms with Gasteiger partial charge >= 0.3 is 5.97 Å². The first-order valence-electron chi connectivity index (χ1n) is 7.07. The van der Waals surface area contributed by atoms with E-state index in [0.717, 1.165) is 15.4 Å². The highest BCUT2D eigenvalue weighted by Gasteiger charge is 2.41. The molecule has 1 saturated heterocycles. The molecule has 1 aliphatic rings. The molecule has 3 rings (SSSR count). The van der Waals surface area contributed by atoms with Crippen LogP contribution in [0.25, 0.3) is 10.6 Å². The molecular formula is C15H16FN3O2S. The molecule has 22 heavy (non-hydrogen) atoms. The fourth-order valence-corrected chi connectivity index (χ4v) is 3.47. The van der Waals surface area contributed by atoms with Gasteiger partial charge in [0.25, 0.3) is 0 Å². The third-order valence-corrected chi connectivity index (χ3v) is 4.92. The number of carboxylic acid groups (broad SMARTS) is 1. The van der Waals surface area contributed by atoms with Crippen LogP contribution in [0.3, 0.4) is 0 Å². The standard InChI is InChI=1S/C15H16FN3O2S/c16-15(14(20)21)3-7-19(8-4-15)10-12-9-18-13(22-12)11-1-5-17-6-2-11/h1-2,5-6,9H,3-4,7-8,10H2,(H,20,21). The van der Waals surface area contributed by atoms with E-state index >= 15 is 0 Å². The normalized spacial score (nSPS) is 18.2. The summed E-state index contributed by atoms with van der Waals surface area (Å²) in [7, 11) is 0. The molecule has 0 spiro atoms. The van der Waals surface area contributed by atoms with Crippen LogP contribution in [0.1, 0.15) is 17.7 Å². The molecule has 0 atom stereocenters. The Labute approximate surface area is 131 Å². The van der Waals surface area contributed by atoms with Gasteiger partial charge in [-0.1, -0.05) is 0 Å². The lowest BCUT2D eigenvalue weighted by Crippen LogP contribution is -2.46. The minimum atomic E-state index is -2.06. The van der Waals surface area contributed by atoms with Crippen molar-refractivity contribution in [2.24, 2.45) is 0 Å². The highest BCUT2D eigenvalue weighted by molar-refractivity contribution is 7.15. The molecule has 1 aliphatic heterocycles. The van der Waals surface area contributed by atoms with Gasteiger partial charge in [-0.2, -0.15) is 0 Å². The van der Waals surface area contributed by atoms with Gasteiger partial charge in [-0.05, 0) is 12.1 Å². The molecule has 7 heteroatoms. The van der Waals surface area contributed by atoms with Crippen molar-refractivity contribution in [2.75, 3.05) is 13.1 Å². The van der Waals surface area contributed by atoms with E-state index in [1.807, 2.05) is 18.3 Å². The Kier molecular flexibility index (Phi) is 4.17. The Morgan fingerprint density at radius 1 is 1.36 bits per heavy atom. The van der Waals surface area contributed by atoms with Crippen molar-refractivity contribution in [1.82, 2.24) is 14.9 Å². The molecule has 5 nitrogen and oxygen atoms in total. The summed E-state index contributed by atoms with van der Waals surface area (Å²) in [5.41, 5.74) is -1.04. The second-order valence-corrected chi connectivity index (χ2v) is 6.53. The molecule has 0 unspecified atom stereocenters.